The average molecular weight is 272 g/mol. The Hall–Kier alpha value is -2.21. The zero-order chi connectivity index (χ0) is 13.4. The number of nitrogens with zero attached hydrogens (tertiary/aromatic N) is 3. The van der Waals surface area contributed by atoms with E-state index in [1.807, 2.05) is 29.7 Å². The molecule has 1 amide bonds. The first-order valence-electron chi connectivity index (χ1n) is 5.81. The van der Waals surface area contributed by atoms with Crippen LogP contribution in [0.15, 0.2) is 29.9 Å². The van der Waals surface area contributed by atoms with E-state index >= 15 is 0 Å². The van der Waals surface area contributed by atoms with Crippen LogP contribution in [-0.2, 0) is 0 Å². The minimum Gasteiger partial charge on any atom is -0.305 e. The molecular formula is C13H12N4OS. The molecule has 96 valence electrons. The number of carbonyl (C=O) groups excluding carboxylic acids is 1. The molecule has 6 heteroatoms. The highest BCUT2D eigenvalue weighted by Gasteiger charge is 2.13. The molecule has 0 spiro atoms. The van der Waals surface area contributed by atoms with Crippen molar-refractivity contribution >= 4 is 28.0 Å². The Kier molecular flexibility index (Phi) is 2.79. The number of thiazole rings is 1. The maximum Gasteiger partial charge on any atom is 0.277 e. The fraction of sp³-hybridized carbons (Fsp3) is 0.154. The number of hydrogen-bond acceptors (Lipinski definition) is 4. The van der Waals surface area contributed by atoms with E-state index in [-0.39, 0.29) is 5.91 Å². The lowest BCUT2D eigenvalue weighted by Crippen LogP contribution is -2.13. The van der Waals surface area contributed by atoms with Crippen LogP contribution in [0.4, 0.5) is 5.82 Å². The summed E-state index contributed by atoms with van der Waals surface area (Å²) in [6.07, 6.45) is 3.45. The Morgan fingerprint density at radius 1 is 1.37 bits per heavy atom. The lowest BCUT2D eigenvalue weighted by atomic mass is 10.3. The maximum atomic E-state index is 12.1. The molecule has 19 heavy (non-hydrogen) atoms. The lowest BCUT2D eigenvalue weighted by molar-refractivity contribution is 0.102. The SMILES string of the molecule is Cc1ccc(NC(=O)c2cn3c(C)csc3n2)nc1. The monoisotopic (exact) mass is 272 g/mol. The number of carbonyl (C=O) groups is 1. The molecule has 3 aromatic heterocycles. The van der Waals surface area contributed by atoms with Crippen molar-refractivity contribution in [2.24, 2.45) is 0 Å². The third-order valence-electron chi connectivity index (χ3n) is 2.77. The molecule has 0 atom stereocenters. The Balaban J connectivity index is 1.85. The molecular weight excluding hydrogens is 260 g/mol. The van der Waals surface area contributed by atoms with Crippen LogP contribution in [0.25, 0.3) is 4.96 Å². The van der Waals surface area contributed by atoms with Gasteiger partial charge in [0, 0.05) is 23.5 Å². The van der Waals surface area contributed by atoms with Crippen LogP contribution in [0.5, 0.6) is 0 Å². The van der Waals surface area contributed by atoms with Crippen LogP contribution in [-0.4, -0.2) is 20.3 Å². The number of fused-ring (bicyclic) bond motifs is 1. The van der Waals surface area contributed by atoms with E-state index < -0.39 is 0 Å². The lowest BCUT2D eigenvalue weighted by Gasteiger charge is -2.01. The van der Waals surface area contributed by atoms with Gasteiger partial charge in [-0.15, -0.1) is 11.3 Å². The highest BCUT2D eigenvalue weighted by Crippen LogP contribution is 2.16. The van der Waals surface area contributed by atoms with Gasteiger partial charge in [-0.3, -0.25) is 9.20 Å². The fourth-order valence-corrected chi connectivity index (χ4v) is 2.58. The number of aromatic nitrogens is 3. The zero-order valence-corrected chi connectivity index (χ0v) is 11.4. The predicted molar refractivity (Wildman–Crippen MR) is 74.7 cm³/mol. The molecule has 0 saturated carbocycles. The molecule has 0 unspecified atom stereocenters. The predicted octanol–water partition coefficient (Wildman–Crippen LogP) is 2.66. The summed E-state index contributed by atoms with van der Waals surface area (Å²) in [4.78, 5) is 21.3. The van der Waals surface area contributed by atoms with Crippen molar-refractivity contribution in [1.82, 2.24) is 14.4 Å². The Bertz CT molecular complexity index is 742. The van der Waals surface area contributed by atoms with Gasteiger partial charge in [0.25, 0.3) is 5.91 Å². The summed E-state index contributed by atoms with van der Waals surface area (Å²) in [6.45, 7) is 3.93. The van der Waals surface area contributed by atoms with Crippen LogP contribution in [0.3, 0.4) is 0 Å². The molecule has 0 bridgehead atoms. The van der Waals surface area contributed by atoms with Crippen molar-refractivity contribution in [3.05, 3.63) is 46.9 Å². The van der Waals surface area contributed by atoms with Crippen molar-refractivity contribution in [2.75, 3.05) is 5.32 Å². The van der Waals surface area contributed by atoms with Crippen LogP contribution in [0, 0.1) is 13.8 Å². The van der Waals surface area contributed by atoms with Crippen molar-refractivity contribution in [1.29, 1.82) is 0 Å². The highest BCUT2D eigenvalue weighted by molar-refractivity contribution is 7.15. The third kappa shape index (κ3) is 2.22. The summed E-state index contributed by atoms with van der Waals surface area (Å²) in [5.41, 5.74) is 2.52. The van der Waals surface area contributed by atoms with Crippen LogP contribution < -0.4 is 5.32 Å². The second-order valence-corrected chi connectivity index (χ2v) is 5.17. The van der Waals surface area contributed by atoms with Gasteiger partial charge >= 0.3 is 0 Å². The first-order valence-corrected chi connectivity index (χ1v) is 6.68. The Labute approximate surface area is 113 Å². The minimum atomic E-state index is -0.244. The molecule has 0 aliphatic rings. The van der Waals surface area contributed by atoms with Crippen molar-refractivity contribution in [3.63, 3.8) is 0 Å². The van der Waals surface area contributed by atoms with Crippen molar-refractivity contribution in [2.45, 2.75) is 13.8 Å². The number of hydrogen-bond donors (Lipinski definition) is 1. The summed E-state index contributed by atoms with van der Waals surface area (Å²) < 4.78 is 1.90. The molecule has 5 nitrogen and oxygen atoms in total. The molecule has 0 aromatic carbocycles. The first-order chi connectivity index (χ1) is 9.13. The van der Waals surface area contributed by atoms with E-state index in [0.29, 0.717) is 11.5 Å². The molecule has 0 radical (unpaired) electrons. The van der Waals surface area contributed by atoms with Gasteiger partial charge in [0.15, 0.2) is 4.96 Å². The Morgan fingerprint density at radius 3 is 2.89 bits per heavy atom. The summed E-state index contributed by atoms with van der Waals surface area (Å²) in [6, 6.07) is 3.68. The number of rotatable bonds is 2. The van der Waals surface area contributed by atoms with Gasteiger partial charge in [-0.25, -0.2) is 9.97 Å². The quantitative estimate of drug-likeness (QED) is 0.780. The molecule has 0 aliphatic heterocycles. The summed E-state index contributed by atoms with van der Waals surface area (Å²) in [5, 5.41) is 4.74. The average Bonchev–Trinajstić information content (AvgIpc) is 2.95. The largest absolute Gasteiger partial charge is 0.305 e. The van der Waals surface area contributed by atoms with E-state index in [4.69, 9.17) is 0 Å². The molecule has 0 saturated heterocycles. The second-order valence-electron chi connectivity index (χ2n) is 4.33. The molecule has 3 aromatic rings. The van der Waals surface area contributed by atoms with E-state index in [9.17, 15) is 4.79 Å². The van der Waals surface area contributed by atoms with Gasteiger partial charge in [0.1, 0.15) is 11.5 Å². The topological polar surface area (TPSA) is 59.3 Å². The van der Waals surface area contributed by atoms with Crippen LogP contribution in [0.2, 0.25) is 0 Å². The van der Waals surface area contributed by atoms with Crippen molar-refractivity contribution in [3.8, 4) is 0 Å². The van der Waals surface area contributed by atoms with Gasteiger partial charge in [-0.05, 0) is 25.5 Å². The molecule has 3 heterocycles. The van der Waals surface area contributed by atoms with E-state index in [0.717, 1.165) is 16.2 Å². The molecule has 0 aliphatic carbocycles. The number of aryl methyl sites for hydroxylation is 2. The summed E-state index contributed by atoms with van der Waals surface area (Å²) >= 11 is 1.52. The number of anilines is 1. The highest BCUT2D eigenvalue weighted by atomic mass is 32.1. The van der Waals surface area contributed by atoms with Gasteiger partial charge in [0.05, 0.1) is 0 Å². The van der Waals surface area contributed by atoms with Gasteiger partial charge in [-0.1, -0.05) is 6.07 Å². The van der Waals surface area contributed by atoms with E-state index in [1.54, 1.807) is 18.5 Å². The number of amides is 1. The second kappa shape index (κ2) is 4.47. The van der Waals surface area contributed by atoms with E-state index in [1.165, 1.54) is 11.3 Å². The standard InChI is InChI=1S/C13H12N4OS/c1-8-3-4-11(14-5-8)16-12(18)10-6-17-9(2)7-19-13(17)15-10/h3-7H,1-2H3,(H,14,16,18). The fourth-order valence-electron chi connectivity index (χ4n) is 1.73. The maximum absolute atomic E-state index is 12.1. The van der Waals surface area contributed by atoms with E-state index in [2.05, 4.69) is 15.3 Å². The molecule has 3 rings (SSSR count). The normalized spacial score (nSPS) is 10.8. The number of nitrogens with one attached hydrogen (secondary N) is 1. The summed E-state index contributed by atoms with van der Waals surface area (Å²) in [5.74, 6) is 0.287. The number of imidazole rings is 1. The van der Waals surface area contributed by atoms with Crippen molar-refractivity contribution < 1.29 is 4.79 Å². The smallest absolute Gasteiger partial charge is 0.277 e. The first kappa shape index (κ1) is 11.9. The number of pyridine rings is 1. The molecule has 1 N–H and O–H groups in total. The van der Waals surface area contributed by atoms with Gasteiger partial charge in [-0.2, -0.15) is 0 Å². The van der Waals surface area contributed by atoms with Gasteiger partial charge in [0.2, 0.25) is 0 Å². The van der Waals surface area contributed by atoms with Gasteiger partial charge < -0.3 is 5.32 Å². The minimum absolute atomic E-state index is 0.244. The zero-order valence-electron chi connectivity index (χ0n) is 10.5. The summed E-state index contributed by atoms with van der Waals surface area (Å²) in [7, 11) is 0. The Morgan fingerprint density at radius 2 is 2.21 bits per heavy atom. The van der Waals surface area contributed by atoms with Crippen LogP contribution >= 0.6 is 11.3 Å². The van der Waals surface area contributed by atoms with Crippen LogP contribution in [0.1, 0.15) is 21.7 Å². The molecule has 0 fully saturated rings. The third-order valence-corrected chi connectivity index (χ3v) is 3.73.